The highest BCUT2D eigenvalue weighted by Crippen LogP contribution is 2.35. The van der Waals surface area contributed by atoms with E-state index in [2.05, 4.69) is 4.99 Å². The van der Waals surface area contributed by atoms with E-state index in [1.54, 1.807) is 23.1 Å². The molecule has 0 spiro atoms. The Balaban J connectivity index is 1.55. The third-order valence-electron chi connectivity index (χ3n) is 5.28. The summed E-state index contributed by atoms with van der Waals surface area (Å²) in [7, 11) is 0. The van der Waals surface area contributed by atoms with Gasteiger partial charge in [-0.15, -0.1) is 0 Å². The molecule has 1 aliphatic rings. The summed E-state index contributed by atoms with van der Waals surface area (Å²) in [6.45, 7) is 3.54. The van der Waals surface area contributed by atoms with E-state index < -0.39 is 4.92 Å². The SMILES string of the molecule is CCOCCN1C(=O)/C(=C/c2ccccc2OCc2ccc([N+](=O)[O-])cc2)SC1=Nc1ccccc1. The van der Waals surface area contributed by atoms with Crippen LogP contribution in [-0.4, -0.2) is 40.7 Å². The Morgan fingerprint density at radius 2 is 1.75 bits per heavy atom. The van der Waals surface area contributed by atoms with Crippen LogP contribution >= 0.6 is 11.8 Å². The number of nitrogens with zero attached hydrogens (tertiary/aromatic N) is 3. The second-order valence-corrected chi connectivity index (χ2v) is 8.75. The van der Waals surface area contributed by atoms with Gasteiger partial charge in [-0.05, 0) is 60.7 Å². The molecule has 1 aliphatic heterocycles. The standard InChI is InChI=1S/C27H25N3O5S/c1-2-34-17-16-29-26(31)25(36-27(29)28-22-9-4-3-5-10-22)18-21-8-6-7-11-24(21)35-19-20-12-14-23(15-13-20)30(32)33/h3-15,18H,2,16-17,19H2,1H3/b25-18-,28-27?. The van der Waals surface area contributed by atoms with E-state index >= 15 is 0 Å². The second-order valence-electron chi connectivity index (χ2n) is 7.74. The van der Waals surface area contributed by atoms with Crippen LogP contribution in [0.5, 0.6) is 5.75 Å². The molecule has 1 fully saturated rings. The number of para-hydroxylation sites is 2. The van der Waals surface area contributed by atoms with Gasteiger partial charge in [-0.1, -0.05) is 36.4 Å². The fraction of sp³-hybridized carbons (Fsp3) is 0.185. The van der Waals surface area contributed by atoms with Gasteiger partial charge in [0.25, 0.3) is 11.6 Å². The van der Waals surface area contributed by atoms with Crippen molar-refractivity contribution in [3.63, 3.8) is 0 Å². The Bertz CT molecular complexity index is 1280. The minimum absolute atomic E-state index is 0.0301. The number of amidine groups is 1. The first-order chi connectivity index (χ1) is 17.5. The molecule has 184 valence electrons. The molecule has 36 heavy (non-hydrogen) atoms. The minimum Gasteiger partial charge on any atom is -0.488 e. The first kappa shape index (κ1) is 25.2. The molecule has 4 rings (SSSR count). The molecule has 0 aromatic heterocycles. The number of amides is 1. The molecule has 0 radical (unpaired) electrons. The quantitative estimate of drug-likeness (QED) is 0.150. The zero-order valence-corrected chi connectivity index (χ0v) is 20.5. The Morgan fingerprint density at radius 3 is 2.47 bits per heavy atom. The van der Waals surface area contributed by atoms with E-state index in [-0.39, 0.29) is 18.2 Å². The molecule has 1 saturated heterocycles. The highest BCUT2D eigenvalue weighted by Gasteiger charge is 2.33. The van der Waals surface area contributed by atoms with Gasteiger partial charge in [-0.3, -0.25) is 19.8 Å². The molecule has 9 heteroatoms. The van der Waals surface area contributed by atoms with E-state index in [0.29, 0.717) is 35.6 Å². The van der Waals surface area contributed by atoms with E-state index in [9.17, 15) is 14.9 Å². The number of nitro groups is 1. The summed E-state index contributed by atoms with van der Waals surface area (Å²) in [6.07, 6.45) is 1.80. The number of non-ortho nitro benzene ring substituents is 1. The van der Waals surface area contributed by atoms with Crippen molar-refractivity contribution < 1.29 is 19.2 Å². The van der Waals surface area contributed by atoms with E-state index in [4.69, 9.17) is 9.47 Å². The van der Waals surface area contributed by atoms with Crippen LogP contribution in [-0.2, 0) is 16.1 Å². The lowest BCUT2D eigenvalue weighted by Gasteiger charge is -2.15. The maximum Gasteiger partial charge on any atom is 0.269 e. The fourth-order valence-corrected chi connectivity index (χ4v) is 4.46. The first-order valence-corrected chi connectivity index (χ1v) is 12.2. The fourth-order valence-electron chi connectivity index (χ4n) is 3.45. The molecule has 0 N–H and O–H groups in total. The van der Waals surface area contributed by atoms with Crippen molar-refractivity contribution in [2.45, 2.75) is 13.5 Å². The van der Waals surface area contributed by atoms with Crippen LogP contribution in [0.2, 0.25) is 0 Å². The van der Waals surface area contributed by atoms with Crippen LogP contribution in [0.1, 0.15) is 18.1 Å². The molecule has 1 heterocycles. The number of carbonyl (C=O) groups is 1. The van der Waals surface area contributed by atoms with Gasteiger partial charge in [0, 0.05) is 24.3 Å². The van der Waals surface area contributed by atoms with Crippen molar-refractivity contribution in [2.24, 2.45) is 4.99 Å². The lowest BCUT2D eigenvalue weighted by molar-refractivity contribution is -0.384. The van der Waals surface area contributed by atoms with Crippen molar-refractivity contribution in [3.05, 3.63) is 105 Å². The number of ether oxygens (including phenoxy) is 2. The number of benzene rings is 3. The summed E-state index contributed by atoms with van der Waals surface area (Å²) in [6, 6.07) is 23.2. The minimum atomic E-state index is -0.435. The van der Waals surface area contributed by atoms with Gasteiger partial charge in [0.05, 0.1) is 28.7 Å². The smallest absolute Gasteiger partial charge is 0.269 e. The molecular formula is C27H25N3O5S. The maximum atomic E-state index is 13.3. The van der Waals surface area contributed by atoms with E-state index in [1.807, 2.05) is 61.5 Å². The van der Waals surface area contributed by atoms with Gasteiger partial charge in [0.15, 0.2) is 5.17 Å². The van der Waals surface area contributed by atoms with Gasteiger partial charge in [-0.2, -0.15) is 0 Å². The largest absolute Gasteiger partial charge is 0.488 e. The lowest BCUT2D eigenvalue weighted by atomic mass is 10.1. The molecular weight excluding hydrogens is 478 g/mol. The Kier molecular flexibility index (Phi) is 8.48. The number of nitro benzene ring substituents is 1. The number of rotatable bonds is 10. The number of carbonyl (C=O) groups excluding carboxylic acids is 1. The van der Waals surface area contributed by atoms with Crippen LogP contribution in [0.3, 0.4) is 0 Å². The van der Waals surface area contributed by atoms with Crippen molar-refractivity contribution in [1.82, 2.24) is 4.90 Å². The van der Waals surface area contributed by atoms with Crippen LogP contribution in [0.4, 0.5) is 11.4 Å². The van der Waals surface area contributed by atoms with Gasteiger partial charge in [-0.25, -0.2) is 4.99 Å². The highest BCUT2D eigenvalue weighted by molar-refractivity contribution is 8.18. The second kappa shape index (κ2) is 12.1. The Hall–Kier alpha value is -3.95. The molecule has 0 saturated carbocycles. The Morgan fingerprint density at radius 1 is 1.03 bits per heavy atom. The first-order valence-electron chi connectivity index (χ1n) is 11.4. The zero-order valence-electron chi connectivity index (χ0n) is 19.7. The van der Waals surface area contributed by atoms with Crippen molar-refractivity contribution in [3.8, 4) is 5.75 Å². The van der Waals surface area contributed by atoms with Crippen LogP contribution in [0.25, 0.3) is 6.08 Å². The molecule has 0 aliphatic carbocycles. The van der Waals surface area contributed by atoms with Crippen LogP contribution < -0.4 is 4.74 Å². The summed E-state index contributed by atoms with van der Waals surface area (Å²) >= 11 is 1.31. The average molecular weight is 504 g/mol. The monoisotopic (exact) mass is 503 g/mol. The average Bonchev–Trinajstić information content (AvgIpc) is 3.18. The summed E-state index contributed by atoms with van der Waals surface area (Å²) < 4.78 is 11.5. The van der Waals surface area contributed by atoms with Gasteiger partial charge in [0.1, 0.15) is 12.4 Å². The molecule has 1 amide bonds. The van der Waals surface area contributed by atoms with E-state index in [1.165, 1.54) is 23.9 Å². The molecule has 3 aromatic rings. The number of thioether (sulfide) groups is 1. The predicted octanol–water partition coefficient (Wildman–Crippen LogP) is 5.81. The molecule has 0 bridgehead atoms. The number of hydrogen-bond donors (Lipinski definition) is 0. The normalized spacial score (nSPS) is 15.6. The highest BCUT2D eigenvalue weighted by atomic mass is 32.2. The number of aliphatic imine (C=N–C) groups is 1. The third-order valence-corrected chi connectivity index (χ3v) is 6.29. The summed E-state index contributed by atoms with van der Waals surface area (Å²) in [4.78, 5) is 30.6. The Labute approximate surface area is 213 Å². The lowest BCUT2D eigenvalue weighted by Crippen LogP contribution is -2.32. The number of hydrogen-bond acceptors (Lipinski definition) is 7. The van der Waals surface area contributed by atoms with Crippen LogP contribution in [0, 0.1) is 10.1 Å². The molecule has 0 unspecified atom stereocenters. The molecule has 0 atom stereocenters. The van der Waals surface area contributed by atoms with Crippen molar-refractivity contribution in [2.75, 3.05) is 19.8 Å². The van der Waals surface area contributed by atoms with Crippen molar-refractivity contribution in [1.29, 1.82) is 0 Å². The van der Waals surface area contributed by atoms with Gasteiger partial charge in [0.2, 0.25) is 0 Å². The molecule has 8 nitrogen and oxygen atoms in total. The zero-order chi connectivity index (χ0) is 25.3. The third kappa shape index (κ3) is 6.38. The van der Waals surface area contributed by atoms with E-state index in [0.717, 1.165) is 16.8 Å². The summed E-state index contributed by atoms with van der Waals surface area (Å²) in [5, 5.41) is 11.5. The summed E-state index contributed by atoms with van der Waals surface area (Å²) in [5.74, 6) is 0.464. The molecule has 3 aromatic carbocycles. The van der Waals surface area contributed by atoms with Gasteiger partial charge < -0.3 is 9.47 Å². The maximum absolute atomic E-state index is 13.3. The predicted molar refractivity (Wildman–Crippen MR) is 141 cm³/mol. The van der Waals surface area contributed by atoms with Crippen molar-refractivity contribution >= 4 is 40.3 Å². The topological polar surface area (TPSA) is 94.3 Å². The summed E-state index contributed by atoms with van der Waals surface area (Å²) in [5.41, 5.74) is 2.35. The van der Waals surface area contributed by atoms with Gasteiger partial charge >= 0.3 is 0 Å². The van der Waals surface area contributed by atoms with Crippen LogP contribution in [0.15, 0.2) is 88.8 Å².